The SMILES string of the molecule is C=C(C)COCCNC(=O)NC1CCC1. The lowest BCUT2D eigenvalue weighted by atomic mass is 9.93. The Bertz CT molecular complexity index is 225. The normalized spacial score (nSPS) is 15.5. The van der Waals surface area contributed by atoms with Crippen LogP contribution >= 0.6 is 0 Å². The molecule has 1 aliphatic carbocycles. The van der Waals surface area contributed by atoms with Crippen LogP contribution in [0.4, 0.5) is 4.79 Å². The standard InChI is InChI=1S/C11H20N2O2/c1-9(2)8-15-7-6-12-11(14)13-10-4-3-5-10/h10H,1,3-8H2,2H3,(H2,12,13,14). The molecule has 0 radical (unpaired) electrons. The molecule has 0 saturated heterocycles. The fourth-order valence-electron chi connectivity index (χ4n) is 1.27. The van der Waals surface area contributed by atoms with Crippen molar-refractivity contribution in [3.8, 4) is 0 Å². The molecule has 1 rings (SSSR count). The van der Waals surface area contributed by atoms with E-state index < -0.39 is 0 Å². The molecule has 0 heterocycles. The van der Waals surface area contributed by atoms with Gasteiger partial charge in [0.2, 0.25) is 0 Å². The maximum absolute atomic E-state index is 11.2. The van der Waals surface area contributed by atoms with Gasteiger partial charge in [-0.25, -0.2) is 4.79 Å². The third-order valence-electron chi connectivity index (χ3n) is 2.32. The van der Waals surface area contributed by atoms with E-state index in [9.17, 15) is 4.79 Å². The van der Waals surface area contributed by atoms with Gasteiger partial charge in [0.15, 0.2) is 0 Å². The Labute approximate surface area is 91.1 Å². The van der Waals surface area contributed by atoms with Crippen molar-refractivity contribution in [1.29, 1.82) is 0 Å². The molecule has 1 aliphatic rings. The minimum absolute atomic E-state index is 0.0846. The van der Waals surface area contributed by atoms with Gasteiger partial charge in [0.25, 0.3) is 0 Å². The molecule has 2 amide bonds. The number of hydrogen-bond donors (Lipinski definition) is 2. The van der Waals surface area contributed by atoms with Crippen LogP contribution < -0.4 is 10.6 Å². The number of ether oxygens (including phenoxy) is 1. The Hall–Kier alpha value is -1.03. The van der Waals surface area contributed by atoms with E-state index in [1.165, 1.54) is 6.42 Å². The molecule has 0 aromatic heterocycles. The molecule has 15 heavy (non-hydrogen) atoms. The molecule has 2 N–H and O–H groups in total. The van der Waals surface area contributed by atoms with Crippen molar-refractivity contribution in [2.24, 2.45) is 0 Å². The first-order valence-electron chi connectivity index (χ1n) is 5.45. The molecule has 4 nitrogen and oxygen atoms in total. The molecule has 4 heteroatoms. The monoisotopic (exact) mass is 212 g/mol. The summed E-state index contributed by atoms with van der Waals surface area (Å²) in [5, 5.41) is 5.64. The molecular formula is C11H20N2O2. The summed E-state index contributed by atoms with van der Waals surface area (Å²) in [7, 11) is 0. The maximum Gasteiger partial charge on any atom is 0.315 e. The minimum atomic E-state index is -0.0846. The van der Waals surface area contributed by atoms with Gasteiger partial charge in [0.05, 0.1) is 13.2 Å². The van der Waals surface area contributed by atoms with Crippen molar-refractivity contribution in [2.75, 3.05) is 19.8 Å². The molecule has 0 aromatic rings. The third-order valence-corrected chi connectivity index (χ3v) is 2.32. The lowest BCUT2D eigenvalue weighted by Gasteiger charge is -2.26. The van der Waals surface area contributed by atoms with Crippen molar-refractivity contribution in [3.63, 3.8) is 0 Å². The fraction of sp³-hybridized carbons (Fsp3) is 0.727. The van der Waals surface area contributed by atoms with Gasteiger partial charge >= 0.3 is 6.03 Å². The van der Waals surface area contributed by atoms with E-state index in [4.69, 9.17) is 4.74 Å². The summed E-state index contributed by atoms with van der Waals surface area (Å²) in [6.07, 6.45) is 3.45. The van der Waals surface area contributed by atoms with E-state index in [1.807, 2.05) is 6.92 Å². The van der Waals surface area contributed by atoms with Crippen molar-refractivity contribution < 1.29 is 9.53 Å². The van der Waals surface area contributed by atoms with Crippen LogP contribution in [0, 0.1) is 0 Å². The summed E-state index contributed by atoms with van der Waals surface area (Å²) < 4.78 is 5.25. The number of amides is 2. The fourth-order valence-corrected chi connectivity index (χ4v) is 1.27. The van der Waals surface area contributed by atoms with Crippen LogP contribution in [0.5, 0.6) is 0 Å². The first kappa shape index (κ1) is 12.0. The lowest BCUT2D eigenvalue weighted by molar-refractivity contribution is 0.157. The Morgan fingerprint density at radius 2 is 2.27 bits per heavy atom. The predicted molar refractivity (Wildman–Crippen MR) is 59.8 cm³/mol. The maximum atomic E-state index is 11.2. The number of carbonyl (C=O) groups is 1. The molecule has 0 bridgehead atoms. The molecule has 0 atom stereocenters. The van der Waals surface area contributed by atoms with Gasteiger partial charge in [-0.05, 0) is 26.2 Å². The largest absolute Gasteiger partial charge is 0.375 e. The van der Waals surface area contributed by atoms with Crippen LogP contribution in [0.2, 0.25) is 0 Å². The number of urea groups is 1. The number of rotatable bonds is 6. The number of nitrogens with one attached hydrogen (secondary N) is 2. The van der Waals surface area contributed by atoms with Gasteiger partial charge in [-0.3, -0.25) is 0 Å². The summed E-state index contributed by atoms with van der Waals surface area (Å²) in [4.78, 5) is 11.2. The first-order chi connectivity index (χ1) is 7.18. The van der Waals surface area contributed by atoms with Gasteiger partial charge in [0, 0.05) is 12.6 Å². The van der Waals surface area contributed by atoms with E-state index in [-0.39, 0.29) is 6.03 Å². The van der Waals surface area contributed by atoms with Crippen molar-refractivity contribution in [2.45, 2.75) is 32.2 Å². The van der Waals surface area contributed by atoms with Crippen LogP contribution in [0.25, 0.3) is 0 Å². The summed E-state index contributed by atoms with van der Waals surface area (Å²) >= 11 is 0. The zero-order valence-corrected chi connectivity index (χ0v) is 9.34. The quantitative estimate of drug-likeness (QED) is 0.517. The summed E-state index contributed by atoms with van der Waals surface area (Å²) in [5.41, 5.74) is 0.994. The van der Waals surface area contributed by atoms with Crippen molar-refractivity contribution in [3.05, 3.63) is 12.2 Å². The molecule has 1 saturated carbocycles. The van der Waals surface area contributed by atoms with Crippen LogP contribution in [-0.4, -0.2) is 31.8 Å². The van der Waals surface area contributed by atoms with Crippen LogP contribution in [-0.2, 0) is 4.74 Å². The second-order valence-corrected chi connectivity index (χ2v) is 4.04. The lowest BCUT2D eigenvalue weighted by Crippen LogP contribution is -2.45. The van der Waals surface area contributed by atoms with Crippen LogP contribution in [0.1, 0.15) is 26.2 Å². The Morgan fingerprint density at radius 1 is 1.53 bits per heavy atom. The van der Waals surface area contributed by atoms with E-state index in [2.05, 4.69) is 17.2 Å². The highest BCUT2D eigenvalue weighted by Gasteiger charge is 2.18. The van der Waals surface area contributed by atoms with Crippen molar-refractivity contribution in [1.82, 2.24) is 10.6 Å². The highest BCUT2D eigenvalue weighted by atomic mass is 16.5. The second kappa shape index (κ2) is 6.45. The average Bonchev–Trinajstić information content (AvgIpc) is 2.10. The summed E-state index contributed by atoms with van der Waals surface area (Å²) in [6.45, 7) is 7.28. The molecule has 86 valence electrons. The minimum Gasteiger partial charge on any atom is -0.375 e. The van der Waals surface area contributed by atoms with Gasteiger partial charge in [0.1, 0.15) is 0 Å². The summed E-state index contributed by atoms with van der Waals surface area (Å²) in [5.74, 6) is 0. The predicted octanol–water partition coefficient (Wildman–Crippen LogP) is 1.43. The van der Waals surface area contributed by atoms with E-state index in [1.54, 1.807) is 0 Å². The molecular weight excluding hydrogens is 192 g/mol. The highest BCUT2D eigenvalue weighted by molar-refractivity contribution is 5.74. The van der Waals surface area contributed by atoms with Gasteiger partial charge in [-0.1, -0.05) is 12.2 Å². The van der Waals surface area contributed by atoms with E-state index in [0.717, 1.165) is 18.4 Å². The van der Waals surface area contributed by atoms with Gasteiger partial charge in [-0.2, -0.15) is 0 Å². The van der Waals surface area contributed by atoms with Gasteiger partial charge < -0.3 is 15.4 Å². The van der Waals surface area contributed by atoms with Crippen LogP contribution in [0.3, 0.4) is 0 Å². The average molecular weight is 212 g/mol. The highest BCUT2D eigenvalue weighted by Crippen LogP contribution is 2.17. The molecule has 0 aliphatic heterocycles. The van der Waals surface area contributed by atoms with E-state index in [0.29, 0.717) is 25.8 Å². The first-order valence-corrected chi connectivity index (χ1v) is 5.45. The Kier molecular flexibility index (Phi) is 5.18. The van der Waals surface area contributed by atoms with Gasteiger partial charge in [-0.15, -0.1) is 0 Å². The number of hydrogen-bond acceptors (Lipinski definition) is 2. The van der Waals surface area contributed by atoms with E-state index >= 15 is 0 Å². The Balaban J connectivity index is 1.90. The molecule has 0 aromatic carbocycles. The molecule has 1 fully saturated rings. The summed E-state index contributed by atoms with van der Waals surface area (Å²) in [6, 6.07) is 0.306. The second-order valence-electron chi connectivity index (χ2n) is 4.04. The zero-order chi connectivity index (χ0) is 11.1. The Morgan fingerprint density at radius 3 is 2.80 bits per heavy atom. The smallest absolute Gasteiger partial charge is 0.315 e. The molecule has 0 unspecified atom stereocenters. The third kappa shape index (κ3) is 5.42. The topological polar surface area (TPSA) is 50.4 Å². The number of carbonyl (C=O) groups excluding carboxylic acids is 1. The zero-order valence-electron chi connectivity index (χ0n) is 9.34. The van der Waals surface area contributed by atoms with Crippen molar-refractivity contribution >= 4 is 6.03 Å². The van der Waals surface area contributed by atoms with Crippen LogP contribution in [0.15, 0.2) is 12.2 Å². The molecule has 0 spiro atoms.